The summed E-state index contributed by atoms with van der Waals surface area (Å²) in [6, 6.07) is 0. The molecule has 0 unspecified atom stereocenters. The summed E-state index contributed by atoms with van der Waals surface area (Å²) in [6.07, 6.45) is 0. The van der Waals surface area contributed by atoms with Gasteiger partial charge in [-0.15, -0.1) is 0 Å². The number of carboxylic acids is 4. The molecule has 1 rings (SSSR count). The van der Waals surface area contributed by atoms with E-state index >= 15 is 0 Å². The van der Waals surface area contributed by atoms with Gasteiger partial charge in [-0.2, -0.15) is 0 Å². The van der Waals surface area contributed by atoms with Gasteiger partial charge < -0.3 is 20.4 Å². The van der Waals surface area contributed by atoms with Gasteiger partial charge in [-0.3, -0.25) is 0 Å². The van der Waals surface area contributed by atoms with Crippen LogP contribution in [-0.4, -0.2) is 44.3 Å². The minimum atomic E-state index is -2.10. The van der Waals surface area contributed by atoms with Crippen molar-refractivity contribution in [3.8, 4) is 0 Å². The molecule has 106 valence electrons. The van der Waals surface area contributed by atoms with Crippen LogP contribution < -0.4 is 0 Å². The van der Waals surface area contributed by atoms with Gasteiger partial charge in [0.1, 0.15) is 11.1 Å². The van der Waals surface area contributed by atoms with E-state index in [4.69, 9.17) is 32.0 Å². The fourth-order valence-corrected chi connectivity index (χ4v) is 1.84. The lowest BCUT2D eigenvalue weighted by atomic mass is 9.96. The average molecular weight is 307 g/mol. The van der Waals surface area contributed by atoms with Crippen molar-refractivity contribution < 1.29 is 44.0 Å². The minimum Gasteiger partial charge on any atom is -0.478 e. The van der Waals surface area contributed by atoms with Gasteiger partial charge in [0.2, 0.25) is 0 Å². The summed E-state index contributed by atoms with van der Waals surface area (Å²) in [7, 11) is 0. The number of hydrogen-bond acceptors (Lipinski definition) is 4. The Labute approximate surface area is 113 Å². The Kier molecular flexibility index (Phi) is 3.95. The second-order valence-electron chi connectivity index (χ2n) is 3.35. The molecule has 0 aliphatic rings. The zero-order valence-corrected chi connectivity index (χ0v) is 9.93. The highest BCUT2D eigenvalue weighted by Crippen LogP contribution is 2.31. The summed E-state index contributed by atoms with van der Waals surface area (Å²) >= 11 is 5.41. The van der Waals surface area contributed by atoms with Crippen molar-refractivity contribution in [1.82, 2.24) is 0 Å². The third kappa shape index (κ3) is 2.26. The Morgan fingerprint density at radius 1 is 0.700 bits per heavy atom. The maximum atomic E-state index is 13.8. The zero-order chi connectivity index (χ0) is 15.8. The van der Waals surface area contributed by atoms with Crippen molar-refractivity contribution in [2.75, 3.05) is 0 Å². The van der Waals surface area contributed by atoms with E-state index in [0.717, 1.165) is 0 Å². The standard InChI is InChI=1S/C10H4ClFO8/c11-5-1(7(13)14)3(9(17)18)6(12)4(10(19)20)2(5)8(15)16/h(H,13,14)(H,15,16)(H,17,18)(H,19,20). The van der Waals surface area contributed by atoms with Gasteiger partial charge in [0.15, 0.2) is 5.82 Å². The van der Waals surface area contributed by atoms with Crippen LogP contribution in [0.2, 0.25) is 5.02 Å². The van der Waals surface area contributed by atoms with E-state index in [-0.39, 0.29) is 0 Å². The summed E-state index contributed by atoms with van der Waals surface area (Å²) in [6.45, 7) is 0. The normalized spacial score (nSPS) is 10.1. The minimum absolute atomic E-state index is 1.18. The smallest absolute Gasteiger partial charge is 0.339 e. The van der Waals surface area contributed by atoms with Gasteiger partial charge in [0, 0.05) is 0 Å². The molecule has 10 heteroatoms. The molecule has 0 amide bonds. The first-order valence-electron chi connectivity index (χ1n) is 4.59. The fourth-order valence-electron chi connectivity index (χ4n) is 1.49. The molecular weight excluding hydrogens is 303 g/mol. The Bertz CT molecular complexity index is 556. The Morgan fingerprint density at radius 2 is 0.950 bits per heavy atom. The second kappa shape index (κ2) is 5.13. The SMILES string of the molecule is O=C(O)c1c(F)c(C(=O)O)c(C(=O)O)c(Cl)c1C(=O)O. The highest BCUT2D eigenvalue weighted by Gasteiger charge is 2.35. The summed E-state index contributed by atoms with van der Waals surface area (Å²) in [5.41, 5.74) is -5.71. The molecule has 0 bridgehead atoms. The maximum absolute atomic E-state index is 13.8. The Balaban J connectivity index is 4.10. The van der Waals surface area contributed by atoms with E-state index in [1.165, 1.54) is 0 Å². The third-order valence-electron chi connectivity index (χ3n) is 2.23. The summed E-state index contributed by atoms with van der Waals surface area (Å²) in [4.78, 5) is 43.5. The predicted octanol–water partition coefficient (Wildman–Crippen LogP) is 1.27. The van der Waals surface area contributed by atoms with Gasteiger partial charge >= 0.3 is 23.9 Å². The number of benzene rings is 1. The first-order chi connectivity index (χ1) is 9.11. The number of hydrogen-bond donors (Lipinski definition) is 4. The average Bonchev–Trinajstić information content (AvgIpc) is 2.28. The first-order valence-corrected chi connectivity index (χ1v) is 4.97. The fraction of sp³-hybridized carbons (Fsp3) is 0. The lowest BCUT2D eigenvalue weighted by Crippen LogP contribution is -2.20. The molecule has 0 radical (unpaired) electrons. The molecule has 0 saturated heterocycles. The predicted molar refractivity (Wildman–Crippen MR) is 59.2 cm³/mol. The van der Waals surface area contributed by atoms with Gasteiger partial charge in [-0.05, 0) is 0 Å². The van der Waals surface area contributed by atoms with Crippen molar-refractivity contribution in [1.29, 1.82) is 0 Å². The van der Waals surface area contributed by atoms with Crippen molar-refractivity contribution in [3.63, 3.8) is 0 Å². The number of halogens is 2. The van der Waals surface area contributed by atoms with E-state index in [1.54, 1.807) is 0 Å². The molecule has 0 aliphatic carbocycles. The molecule has 0 aliphatic heterocycles. The largest absolute Gasteiger partial charge is 0.478 e. The number of rotatable bonds is 4. The Morgan fingerprint density at radius 3 is 1.15 bits per heavy atom. The van der Waals surface area contributed by atoms with Gasteiger partial charge in [0.05, 0.1) is 16.1 Å². The summed E-state index contributed by atoms with van der Waals surface area (Å²) < 4.78 is 13.8. The molecule has 1 aromatic carbocycles. The van der Waals surface area contributed by atoms with Crippen LogP contribution in [0.25, 0.3) is 0 Å². The molecule has 8 nitrogen and oxygen atoms in total. The van der Waals surface area contributed by atoms with Crippen molar-refractivity contribution in [2.45, 2.75) is 0 Å². The lowest BCUT2D eigenvalue weighted by molar-refractivity contribution is 0.0628. The molecule has 1 aromatic rings. The number of aromatic carboxylic acids is 4. The van der Waals surface area contributed by atoms with Crippen molar-refractivity contribution >= 4 is 35.5 Å². The zero-order valence-electron chi connectivity index (χ0n) is 9.18. The molecule has 20 heavy (non-hydrogen) atoms. The molecule has 0 aromatic heterocycles. The van der Waals surface area contributed by atoms with Crippen LogP contribution in [0, 0.1) is 5.82 Å². The van der Waals surface area contributed by atoms with E-state index in [0.29, 0.717) is 0 Å². The van der Waals surface area contributed by atoms with Crippen LogP contribution in [0.3, 0.4) is 0 Å². The number of carbonyl (C=O) groups is 4. The van der Waals surface area contributed by atoms with Crippen LogP contribution in [0.5, 0.6) is 0 Å². The van der Waals surface area contributed by atoms with Crippen LogP contribution in [-0.2, 0) is 0 Å². The molecule has 0 fully saturated rings. The highest BCUT2D eigenvalue weighted by atomic mass is 35.5. The maximum Gasteiger partial charge on any atom is 0.339 e. The van der Waals surface area contributed by atoms with Crippen LogP contribution in [0.4, 0.5) is 4.39 Å². The molecule has 0 heterocycles. The highest BCUT2D eigenvalue weighted by molar-refractivity contribution is 6.38. The molecule has 0 atom stereocenters. The van der Waals surface area contributed by atoms with E-state index in [2.05, 4.69) is 0 Å². The van der Waals surface area contributed by atoms with Crippen LogP contribution in [0.1, 0.15) is 41.4 Å². The van der Waals surface area contributed by atoms with Gasteiger partial charge in [0.25, 0.3) is 0 Å². The first kappa shape index (κ1) is 15.4. The number of carboxylic acid groups (broad SMARTS) is 4. The molecule has 0 spiro atoms. The van der Waals surface area contributed by atoms with E-state index in [1.807, 2.05) is 0 Å². The lowest BCUT2D eigenvalue weighted by Gasteiger charge is -2.12. The third-order valence-corrected chi connectivity index (χ3v) is 2.61. The van der Waals surface area contributed by atoms with Crippen LogP contribution >= 0.6 is 11.6 Å². The monoisotopic (exact) mass is 306 g/mol. The topological polar surface area (TPSA) is 149 Å². The molecule has 4 N–H and O–H groups in total. The van der Waals surface area contributed by atoms with E-state index in [9.17, 15) is 23.6 Å². The van der Waals surface area contributed by atoms with Gasteiger partial charge in [-0.25, -0.2) is 23.6 Å². The van der Waals surface area contributed by atoms with Crippen molar-refractivity contribution in [3.05, 3.63) is 33.1 Å². The molecule has 0 saturated carbocycles. The van der Waals surface area contributed by atoms with E-state index < -0.39 is 57.0 Å². The summed E-state index contributed by atoms with van der Waals surface area (Å²) in [5, 5.41) is 33.9. The van der Waals surface area contributed by atoms with Gasteiger partial charge in [-0.1, -0.05) is 11.6 Å². The quantitative estimate of drug-likeness (QED) is 0.649. The van der Waals surface area contributed by atoms with Crippen LogP contribution in [0.15, 0.2) is 0 Å². The van der Waals surface area contributed by atoms with Crippen molar-refractivity contribution in [2.24, 2.45) is 0 Å². The molecular formula is C10H4ClFO8. The summed E-state index contributed by atoms with van der Waals surface area (Å²) in [5.74, 6) is -10.2. The Hall–Kier alpha value is -2.68. The second-order valence-corrected chi connectivity index (χ2v) is 3.73.